The lowest BCUT2D eigenvalue weighted by atomic mass is 10.1. The van der Waals surface area contributed by atoms with Crippen LogP contribution in [0.1, 0.15) is 50.4 Å². The fourth-order valence-corrected chi connectivity index (χ4v) is 2.77. The number of guanidine groups is 1. The Balaban J connectivity index is 0.00000338. The van der Waals surface area contributed by atoms with Crippen LogP contribution in [0.25, 0.3) is 0 Å². The topological polar surface area (TPSA) is 68.2 Å². The number of aliphatic imine (C=N–C) groups is 1. The monoisotopic (exact) mass is 469 g/mol. The van der Waals surface area contributed by atoms with Crippen LogP contribution in [0.2, 0.25) is 0 Å². The summed E-state index contributed by atoms with van der Waals surface area (Å²) in [6.07, 6.45) is 10.9. The number of aromatic nitrogens is 2. The summed E-state index contributed by atoms with van der Waals surface area (Å²) in [5.41, 5.74) is 7.31. The summed E-state index contributed by atoms with van der Waals surface area (Å²) >= 11 is 0. The fraction of sp³-hybridized carbons (Fsp3) is 0.500. The van der Waals surface area contributed by atoms with Gasteiger partial charge >= 0.3 is 0 Å². The van der Waals surface area contributed by atoms with Crippen LogP contribution in [0.3, 0.4) is 0 Å². The molecule has 0 aliphatic carbocycles. The molecule has 0 saturated heterocycles. The Bertz CT molecular complexity index is 624. The van der Waals surface area contributed by atoms with Crippen molar-refractivity contribution < 1.29 is 0 Å². The zero-order valence-electron chi connectivity index (χ0n) is 15.7. The van der Waals surface area contributed by atoms with Crippen molar-refractivity contribution in [2.75, 3.05) is 6.54 Å². The molecule has 2 aromatic rings. The average molecular weight is 469 g/mol. The van der Waals surface area contributed by atoms with Gasteiger partial charge in [-0.3, -0.25) is 0 Å². The molecule has 3 N–H and O–H groups in total. The normalized spacial score (nSPS) is 11.2. The lowest BCUT2D eigenvalue weighted by Gasteiger charge is -2.08. The fourth-order valence-electron chi connectivity index (χ4n) is 2.77. The van der Waals surface area contributed by atoms with Gasteiger partial charge in [0, 0.05) is 25.5 Å². The average Bonchev–Trinajstić information content (AvgIpc) is 3.08. The summed E-state index contributed by atoms with van der Waals surface area (Å²) in [4.78, 5) is 8.82. The number of hydrogen-bond donors (Lipinski definition) is 2. The highest BCUT2D eigenvalue weighted by molar-refractivity contribution is 14.0. The van der Waals surface area contributed by atoms with E-state index in [0.29, 0.717) is 12.5 Å². The quantitative estimate of drug-likeness (QED) is 0.225. The van der Waals surface area contributed by atoms with E-state index in [1.54, 1.807) is 0 Å². The number of hydrogen-bond acceptors (Lipinski definition) is 2. The molecule has 0 amide bonds. The largest absolute Gasteiger partial charge is 0.370 e. The van der Waals surface area contributed by atoms with Gasteiger partial charge in [0.05, 0.1) is 0 Å². The van der Waals surface area contributed by atoms with E-state index < -0.39 is 0 Å². The summed E-state index contributed by atoms with van der Waals surface area (Å²) in [5.74, 6) is 1.47. The first-order valence-electron chi connectivity index (χ1n) is 9.37. The van der Waals surface area contributed by atoms with E-state index in [-0.39, 0.29) is 24.0 Å². The van der Waals surface area contributed by atoms with Crippen molar-refractivity contribution in [1.82, 2.24) is 14.9 Å². The number of nitrogens with two attached hydrogens (primary N) is 1. The molecule has 0 aliphatic rings. The number of nitrogens with zero attached hydrogens (tertiary/aromatic N) is 3. The van der Waals surface area contributed by atoms with Crippen LogP contribution in [0.4, 0.5) is 0 Å². The number of imidazole rings is 1. The second-order valence-electron chi connectivity index (χ2n) is 6.31. The first kappa shape index (κ1) is 22.5. The van der Waals surface area contributed by atoms with Crippen molar-refractivity contribution in [1.29, 1.82) is 0 Å². The molecule has 2 rings (SSSR count). The molecule has 0 radical (unpaired) electrons. The first-order valence-corrected chi connectivity index (χ1v) is 9.37. The SMILES string of the molecule is CCCCCCNC(N)=NCc1nccn1CCCc1ccccc1.I. The third-order valence-corrected chi connectivity index (χ3v) is 4.24. The summed E-state index contributed by atoms with van der Waals surface area (Å²) in [5, 5.41) is 3.18. The maximum absolute atomic E-state index is 5.93. The minimum absolute atomic E-state index is 0. The van der Waals surface area contributed by atoms with Gasteiger partial charge in [-0.15, -0.1) is 24.0 Å². The van der Waals surface area contributed by atoms with Crippen molar-refractivity contribution in [3.05, 3.63) is 54.1 Å². The third kappa shape index (κ3) is 8.69. The van der Waals surface area contributed by atoms with Gasteiger partial charge in [0.2, 0.25) is 0 Å². The van der Waals surface area contributed by atoms with Crippen LogP contribution in [0.15, 0.2) is 47.7 Å². The molecule has 1 aromatic carbocycles. The van der Waals surface area contributed by atoms with Crippen molar-refractivity contribution in [3.63, 3.8) is 0 Å². The molecule has 0 saturated carbocycles. The van der Waals surface area contributed by atoms with E-state index in [1.165, 1.54) is 24.8 Å². The van der Waals surface area contributed by atoms with Crippen molar-refractivity contribution in [3.8, 4) is 0 Å². The maximum atomic E-state index is 5.93. The van der Waals surface area contributed by atoms with Crippen molar-refractivity contribution in [2.45, 2.75) is 58.5 Å². The van der Waals surface area contributed by atoms with Crippen LogP contribution < -0.4 is 11.1 Å². The molecule has 0 unspecified atom stereocenters. The maximum Gasteiger partial charge on any atom is 0.189 e. The van der Waals surface area contributed by atoms with Gasteiger partial charge in [-0.25, -0.2) is 9.98 Å². The number of nitrogens with one attached hydrogen (secondary N) is 1. The van der Waals surface area contributed by atoms with Crippen molar-refractivity contribution in [2.24, 2.45) is 10.7 Å². The Hall–Kier alpha value is -1.57. The van der Waals surface area contributed by atoms with Crippen LogP contribution >= 0.6 is 24.0 Å². The smallest absolute Gasteiger partial charge is 0.189 e. The molecule has 5 nitrogen and oxygen atoms in total. The third-order valence-electron chi connectivity index (χ3n) is 4.24. The molecule has 0 bridgehead atoms. The molecule has 0 fully saturated rings. The minimum Gasteiger partial charge on any atom is -0.370 e. The number of unbranched alkanes of at least 4 members (excludes halogenated alkanes) is 3. The van der Waals surface area contributed by atoms with Gasteiger partial charge in [-0.05, 0) is 24.8 Å². The highest BCUT2D eigenvalue weighted by Gasteiger charge is 2.02. The molecule has 26 heavy (non-hydrogen) atoms. The first-order chi connectivity index (χ1) is 12.3. The summed E-state index contributed by atoms with van der Waals surface area (Å²) < 4.78 is 2.17. The second-order valence-corrected chi connectivity index (χ2v) is 6.31. The highest BCUT2D eigenvalue weighted by atomic mass is 127. The molecular formula is C20H32IN5. The second kappa shape index (κ2) is 13.6. The zero-order chi connectivity index (χ0) is 17.7. The molecule has 0 spiro atoms. The summed E-state index contributed by atoms with van der Waals surface area (Å²) in [6.45, 7) is 4.57. The standard InChI is InChI=1S/C20H31N5.HI/c1-2-3-4-8-13-23-20(21)24-17-19-22-14-16-25(19)15-9-12-18-10-6-5-7-11-18;/h5-7,10-11,14,16H,2-4,8-9,12-13,15,17H2,1H3,(H3,21,23,24);1H. The Morgan fingerprint density at radius 2 is 1.96 bits per heavy atom. The van der Waals surface area contributed by atoms with E-state index in [9.17, 15) is 0 Å². The van der Waals surface area contributed by atoms with E-state index >= 15 is 0 Å². The van der Waals surface area contributed by atoms with Crippen molar-refractivity contribution >= 4 is 29.9 Å². The van der Waals surface area contributed by atoms with E-state index in [4.69, 9.17) is 5.73 Å². The predicted molar refractivity (Wildman–Crippen MR) is 120 cm³/mol. The molecule has 6 heteroatoms. The summed E-state index contributed by atoms with van der Waals surface area (Å²) in [7, 11) is 0. The number of rotatable bonds is 11. The van der Waals surface area contributed by atoms with E-state index in [2.05, 4.69) is 57.1 Å². The molecule has 1 aromatic heterocycles. The van der Waals surface area contributed by atoms with Crippen LogP contribution in [-0.2, 0) is 19.5 Å². The van der Waals surface area contributed by atoms with Crippen LogP contribution in [-0.4, -0.2) is 22.1 Å². The molecule has 1 heterocycles. The van der Waals surface area contributed by atoms with Gasteiger partial charge in [0.1, 0.15) is 12.4 Å². The molecule has 0 aliphatic heterocycles. The molecule has 144 valence electrons. The highest BCUT2D eigenvalue weighted by Crippen LogP contribution is 2.06. The Morgan fingerprint density at radius 3 is 2.73 bits per heavy atom. The Morgan fingerprint density at radius 1 is 1.15 bits per heavy atom. The van der Waals surface area contributed by atoms with E-state index in [1.807, 2.05) is 12.4 Å². The van der Waals surface area contributed by atoms with Crippen LogP contribution in [0.5, 0.6) is 0 Å². The van der Waals surface area contributed by atoms with Gasteiger partial charge in [-0.2, -0.15) is 0 Å². The number of benzene rings is 1. The van der Waals surface area contributed by atoms with Gasteiger partial charge in [-0.1, -0.05) is 56.5 Å². The minimum atomic E-state index is 0. The van der Waals surface area contributed by atoms with Gasteiger partial charge in [0.25, 0.3) is 0 Å². The molecule has 0 atom stereocenters. The molecular weight excluding hydrogens is 437 g/mol. The van der Waals surface area contributed by atoms with E-state index in [0.717, 1.165) is 38.2 Å². The Labute approximate surface area is 174 Å². The van der Waals surface area contributed by atoms with Gasteiger partial charge in [0.15, 0.2) is 5.96 Å². The van der Waals surface area contributed by atoms with Crippen LogP contribution in [0, 0.1) is 0 Å². The van der Waals surface area contributed by atoms with Gasteiger partial charge < -0.3 is 15.6 Å². The lowest BCUT2D eigenvalue weighted by Crippen LogP contribution is -2.32. The predicted octanol–water partition coefficient (Wildman–Crippen LogP) is 4.12. The summed E-state index contributed by atoms with van der Waals surface area (Å²) in [6, 6.07) is 10.6. The zero-order valence-corrected chi connectivity index (χ0v) is 18.1. The number of aryl methyl sites for hydroxylation is 2. The Kier molecular flexibility index (Phi) is 11.8. The lowest BCUT2D eigenvalue weighted by molar-refractivity contribution is 0.610. The number of halogens is 1.